The number of nitrogens with zero attached hydrogens (tertiary/aromatic N) is 3. The van der Waals surface area contributed by atoms with Crippen molar-refractivity contribution in [2.45, 2.75) is 17.7 Å². The monoisotopic (exact) mass is 464 g/mol. The van der Waals surface area contributed by atoms with Gasteiger partial charge in [-0.1, -0.05) is 0 Å². The van der Waals surface area contributed by atoms with Gasteiger partial charge in [-0.05, 0) is 25.0 Å². The Morgan fingerprint density at radius 1 is 1.00 bits per heavy atom. The molecular formula is C17H13F5N4O4S. The van der Waals surface area contributed by atoms with Crippen LogP contribution in [-0.4, -0.2) is 37.0 Å². The Kier molecular flexibility index (Phi) is 6.22. The molecule has 1 aliphatic heterocycles. The zero-order chi connectivity index (χ0) is 22.9. The lowest BCUT2D eigenvalue weighted by Crippen LogP contribution is -2.27. The van der Waals surface area contributed by atoms with E-state index in [9.17, 15) is 40.5 Å². The molecule has 0 aromatic heterocycles. The van der Waals surface area contributed by atoms with Gasteiger partial charge in [0.15, 0.2) is 23.3 Å². The topological polar surface area (TPSA) is 105 Å². The van der Waals surface area contributed by atoms with Crippen LogP contribution in [0.15, 0.2) is 28.2 Å². The first-order valence-electron chi connectivity index (χ1n) is 8.64. The van der Waals surface area contributed by atoms with Gasteiger partial charge in [-0.25, -0.2) is 30.4 Å². The van der Waals surface area contributed by atoms with Crippen LogP contribution >= 0.6 is 0 Å². The van der Waals surface area contributed by atoms with Crippen molar-refractivity contribution < 1.29 is 35.3 Å². The molecule has 0 unspecified atom stereocenters. The maximum absolute atomic E-state index is 13.6. The van der Waals surface area contributed by atoms with Crippen LogP contribution in [0.4, 0.5) is 33.3 Å². The molecule has 1 N–H and O–H groups in total. The van der Waals surface area contributed by atoms with E-state index >= 15 is 0 Å². The molecule has 3 rings (SSSR count). The van der Waals surface area contributed by atoms with Crippen molar-refractivity contribution in [2.24, 2.45) is 5.10 Å². The highest BCUT2D eigenvalue weighted by atomic mass is 32.2. The second-order valence-electron chi connectivity index (χ2n) is 6.40. The molecule has 1 aliphatic rings. The molecule has 0 amide bonds. The molecule has 31 heavy (non-hydrogen) atoms. The number of sulfonamides is 1. The average molecular weight is 464 g/mol. The zero-order valence-corrected chi connectivity index (χ0v) is 16.2. The summed E-state index contributed by atoms with van der Waals surface area (Å²) in [5, 5.41) is 14.6. The zero-order valence-electron chi connectivity index (χ0n) is 15.4. The minimum atomic E-state index is -3.96. The maximum atomic E-state index is 13.6. The number of nitrogens with one attached hydrogen (secondary N) is 1. The maximum Gasteiger partial charge on any atom is 0.295 e. The van der Waals surface area contributed by atoms with E-state index in [4.69, 9.17) is 0 Å². The van der Waals surface area contributed by atoms with Crippen molar-refractivity contribution >= 4 is 27.6 Å². The SMILES string of the molecule is O=[N+]([O-])c1cc(S(=O)(=O)N2CCCC2)ccc1NN=Cc1c(F)c(F)c(F)c(F)c1F. The lowest BCUT2D eigenvalue weighted by atomic mass is 10.2. The lowest BCUT2D eigenvalue weighted by molar-refractivity contribution is -0.384. The van der Waals surface area contributed by atoms with E-state index in [1.165, 1.54) is 4.31 Å². The molecule has 8 nitrogen and oxygen atoms in total. The predicted molar refractivity (Wildman–Crippen MR) is 98.5 cm³/mol. The van der Waals surface area contributed by atoms with Crippen molar-refractivity contribution in [2.75, 3.05) is 18.5 Å². The van der Waals surface area contributed by atoms with E-state index < -0.39 is 55.3 Å². The third-order valence-corrected chi connectivity index (χ3v) is 6.39. The number of anilines is 1. The van der Waals surface area contributed by atoms with Crippen LogP contribution in [0.1, 0.15) is 18.4 Å². The van der Waals surface area contributed by atoms with Crippen molar-refractivity contribution in [3.05, 3.63) is 63.0 Å². The average Bonchev–Trinajstić information content (AvgIpc) is 3.29. The van der Waals surface area contributed by atoms with Crippen LogP contribution in [0, 0.1) is 39.2 Å². The minimum Gasteiger partial charge on any atom is -0.272 e. The Hall–Kier alpha value is -3.13. The fraction of sp³-hybridized carbons (Fsp3) is 0.235. The van der Waals surface area contributed by atoms with Crippen molar-refractivity contribution in [3.8, 4) is 0 Å². The van der Waals surface area contributed by atoms with Gasteiger partial charge in [0.05, 0.1) is 21.6 Å². The summed E-state index contributed by atoms with van der Waals surface area (Å²) in [6.07, 6.45) is 1.58. The summed E-state index contributed by atoms with van der Waals surface area (Å²) in [7, 11) is -3.96. The Bertz CT molecular complexity index is 1150. The Balaban J connectivity index is 1.92. The van der Waals surface area contributed by atoms with Gasteiger partial charge >= 0.3 is 0 Å². The van der Waals surface area contributed by atoms with Gasteiger partial charge in [-0.3, -0.25) is 15.5 Å². The van der Waals surface area contributed by atoms with E-state index in [1.807, 2.05) is 5.43 Å². The molecule has 0 bridgehead atoms. The highest BCUT2D eigenvalue weighted by molar-refractivity contribution is 7.89. The van der Waals surface area contributed by atoms with Gasteiger partial charge in [-0.15, -0.1) is 0 Å². The van der Waals surface area contributed by atoms with E-state index in [-0.39, 0.29) is 29.9 Å². The second-order valence-corrected chi connectivity index (χ2v) is 8.34. The first kappa shape index (κ1) is 22.6. The molecule has 1 fully saturated rings. The molecule has 2 aromatic carbocycles. The number of hydrazone groups is 1. The van der Waals surface area contributed by atoms with Gasteiger partial charge < -0.3 is 0 Å². The summed E-state index contributed by atoms with van der Waals surface area (Å²) < 4.78 is 93.1. The minimum absolute atomic E-state index is 0.259. The molecule has 14 heteroatoms. The molecule has 0 spiro atoms. The van der Waals surface area contributed by atoms with E-state index in [1.54, 1.807) is 0 Å². The predicted octanol–water partition coefficient (Wildman–Crippen LogP) is 3.52. The molecule has 0 radical (unpaired) electrons. The third-order valence-electron chi connectivity index (χ3n) is 4.49. The van der Waals surface area contributed by atoms with Gasteiger partial charge in [0, 0.05) is 19.2 Å². The molecule has 0 aliphatic carbocycles. The molecule has 0 atom stereocenters. The third kappa shape index (κ3) is 4.20. The van der Waals surface area contributed by atoms with Gasteiger partial charge in [-0.2, -0.15) is 9.41 Å². The first-order valence-corrected chi connectivity index (χ1v) is 10.1. The largest absolute Gasteiger partial charge is 0.295 e. The van der Waals surface area contributed by atoms with E-state index in [2.05, 4.69) is 5.10 Å². The summed E-state index contributed by atoms with van der Waals surface area (Å²) >= 11 is 0. The molecule has 1 saturated heterocycles. The lowest BCUT2D eigenvalue weighted by Gasteiger charge is -2.15. The van der Waals surface area contributed by atoms with Crippen LogP contribution in [0.3, 0.4) is 0 Å². The van der Waals surface area contributed by atoms with Crippen LogP contribution in [0.25, 0.3) is 0 Å². The molecule has 1 heterocycles. The van der Waals surface area contributed by atoms with Crippen molar-refractivity contribution in [3.63, 3.8) is 0 Å². The number of halogens is 5. The number of nitro benzene ring substituents is 1. The molecule has 2 aromatic rings. The molecule has 166 valence electrons. The van der Waals surface area contributed by atoms with E-state index in [0.717, 1.165) is 18.2 Å². The number of hydrogen-bond acceptors (Lipinski definition) is 6. The fourth-order valence-corrected chi connectivity index (χ4v) is 4.43. The van der Waals surface area contributed by atoms with Gasteiger partial charge in [0.1, 0.15) is 5.69 Å². The summed E-state index contributed by atoms with van der Waals surface area (Å²) in [4.78, 5) is 10.1. The normalized spacial score (nSPS) is 15.0. The van der Waals surface area contributed by atoms with E-state index in [0.29, 0.717) is 12.8 Å². The smallest absolute Gasteiger partial charge is 0.272 e. The second kappa shape index (κ2) is 8.55. The first-order chi connectivity index (χ1) is 14.6. The fourth-order valence-electron chi connectivity index (χ4n) is 2.90. The van der Waals surface area contributed by atoms with Crippen molar-refractivity contribution in [1.29, 1.82) is 0 Å². The molecular weight excluding hydrogens is 451 g/mol. The molecule has 0 saturated carbocycles. The number of nitro groups is 1. The van der Waals surface area contributed by atoms with Crippen LogP contribution in [-0.2, 0) is 10.0 Å². The summed E-state index contributed by atoms with van der Waals surface area (Å²) in [6.45, 7) is 0.560. The van der Waals surface area contributed by atoms with Crippen LogP contribution in [0.5, 0.6) is 0 Å². The Morgan fingerprint density at radius 2 is 1.55 bits per heavy atom. The number of rotatable bonds is 6. The Labute approximate surface area is 172 Å². The van der Waals surface area contributed by atoms with Crippen LogP contribution < -0.4 is 5.43 Å². The Morgan fingerprint density at radius 3 is 2.10 bits per heavy atom. The highest BCUT2D eigenvalue weighted by Crippen LogP contribution is 2.30. The standard InChI is InChI=1S/C17H13F5N4O4S/c18-13-10(14(19)16(21)17(22)15(13)20)8-23-24-11-4-3-9(7-12(11)26(27)28)31(29,30)25-5-1-2-6-25/h3-4,7-8,24H,1-2,5-6H2. The number of benzene rings is 2. The summed E-state index contributed by atoms with van der Waals surface area (Å²) in [5.74, 6) is -11.0. The van der Waals surface area contributed by atoms with Gasteiger partial charge in [0.25, 0.3) is 5.69 Å². The van der Waals surface area contributed by atoms with Crippen LogP contribution in [0.2, 0.25) is 0 Å². The highest BCUT2D eigenvalue weighted by Gasteiger charge is 2.29. The quantitative estimate of drug-likeness (QED) is 0.176. The number of hydrogen-bond donors (Lipinski definition) is 1. The van der Waals surface area contributed by atoms with Crippen molar-refractivity contribution in [1.82, 2.24) is 4.31 Å². The summed E-state index contributed by atoms with van der Waals surface area (Å²) in [6, 6.07) is 2.85. The summed E-state index contributed by atoms with van der Waals surface area (Å²) in [5.41, 5.74) is -0.412. The van der Waals surface area contributed by atoms with Gasteiger partial charge in [0.2, 0.25) is 15.8 Å².